The molecule has 2 N–H and O–H groups in total. The third-order valence-corrected chi connectivity index (χ3v) is 5.35. The Morgan fingerprint density at radius 2 is 1.92 bits per heavy atom. The van der Waals surface area contributed by atoms with E-state index in [-0.39, 0.29) is 5.91 Å². The van der Waals surface area contributed by atoms with E-state index in [1.54, 1.807) is 6.20 Å². The molecule has 0 bridgehead atoms. The zero-order valence-electron chi connectivity index (χ0n) is 15.2. The number of hydrogen-bond acceptors (Lipinski definition) is 5. The van der Waals surface area contributed by atoms with Crippen LogP contribution in [0.15, 0.2) is 36.5 Å². The predicted molar refractivity (Wildman–Crippen MR) is 105 cm³/mol. The highest BCUT2D eigenvalue weighted by Crippen LogP contribution is 2.32. The number of carbonyl (C=O) groups excluding carboxylic acids is 1. The number of nitrogens with two attached hydrogens (primary N) is 1. The third kappa shape index (κ3) is 3.12. The summed E-state index contributed by atoms with van der Waals surface area (Å²) < 4.78 is 0. The Balaban J connectivity index is 1.60. The number of nitrogen functional groups attached to an aromatic ring is 1. The van der Waals surface area contributed by atoms with Crippen molar-refractivity contribution in [3.8, 4) is 0 Å². The number of carbonyl (C=O) groups is 1. The van der Waals surface area contributed by atoms with Gasteiger partial charge in [-0.2, -0.15) is 0 Å². The van der Waals surface area contributed by atoms with Crippen molar-refractivity contribution >= 4 is 23.1 Å². The Kier molecular flexibility index (Phi) is 4.51. The van der Waals surface area contributed by atoms with Gasteiger partial charge in [-0.15, -0.1) is 0 Å². The molecule has 0 spiro atoms. The van der Waals surface area contributed by atoms with E-state index in [9.17, 15) is 4.79 Å². The highest BCUT2D eigenvalue weighted by molar-refractivity contribution is 6.07. The Labute approximate surface area is 154 Å². The molecule has 4 rings (SSSR count). The van der Waals surface area contributed by atoms with Crippen LogP contribution in [0.1, 0.15) is 22.3 Å². The zero-order valence-corrected chi connectivity index (χ0v) is 15.2. The summed E-state index contributed by atoms with van der Waals surface area (Å²) in [5.41, 5.74) is 9.60. The van der Waals surface area contributed by atoms with Crippen molar-refractivity contribution in [2.24, 2.45) is 0 Å². The van der Waals surface area contributed by atoms with Crippen LogP contribution in [0.25, 0.3) is 0 Å². The molecule has 2 aromatic rings. The fourth-order valence-corrected chi connectivity index (χ4v) is 3.78. The van der Waals surface area contributed by atoms with Crippen LogP contribution in [-0.2, 0) is 6.42 Å². The molecule has 1 amide bonds. The average Bonchev–Trinajstić information content (AvgIpc) is 2.68. The lowest BCUT2D eigenvalue weighted by molar-refractivity contribution is 0.0985. The second-order valence-electron chi connectivity index (χ2n) is 7.10. The van der Waals surface area contributed by atoms with Crippen LogP contribution in [0.2, 0.25) is 0 Å². The average molecular weight is 351 g/mol. The maximum absolute atomic E-state index is 13.2. The predicted octanol–water partition coefficient (Wildman–Crippen LogP) is 2.01. The van der Waals surface area contributed by atoms with E-state index < -0.39 is 0 Å². The molecule has 0 unspecified atom stereocenters. The quantitative estimate of drug-likeness (QED) is 0.839. The number of piperazine rings is 1. The van der Waals surface area contributed by atoms with Crippen LogP contribution < -0.4 is 15.5 Å². The molecule has 136 valence electrons. The minimum absolute atomic E-state index is 0.0225. The zero-order chi connectivity index (χ0) is 18.1. The molecule has 2 aliphatic rings. The molecule has 1 aromatic heterocycles. The van der Waals surface area contributed by atoms with Crippen molar-refractivity contribution in [1.29, 1.82) is 0 Å². The molecule has 3 heterocycles. The van der Waals surface area contributed by atoms with E-state index in [0.717, 1.165) is 68.3 Å². The molecule has 6 nitrogen and oxygen atoms in total. The van der Waals surface area contributed by atoms with Gasteiger partial charge in [-0.3, -0.25) is 4.79 Å². The van der Waals surface area contributed by atoms with Gasteiger partial charge in [-0.1, -0.05) is 6.07 Å². The van der Waals surface area contributed by atoms with Gasteiger partial charge in [0.2, 0.25) is 0 Å². The first-order chi connectivity index (χ1) is 12.6. The lowest BCUT2D eigenvalue weighted by Gasteiger charge is -2.33. The summed E-state index contributed by atoms with van der Waals surface area (Å²) in [5.74, 6) is 0.906. The summed E-state index contributed by atoms with van der Waals surface area (Å²) >= 11 is 0. The summed E-state index contributed by atoms with van der Waals surface area (Å²) in [6.45, 7) is 4.62. The minimum Gasteiger partial charge on any atom is -0.398 e. The SMILES string of the molecule is CN1CCN(c2cc(C(=O)N3CCCc4c(N)cccc43)ccn2)CC1. The Morgan fingerprint density at radius 1 is 1.12 bits per heavy atom. The number of fused-ring (bicyclic) bond motifs is 1. The van der Waals surface area contributed by atoms with E-state index >= 15 is 0 Å². The smallest absolute Gasteiger partial charge is 0.258 e. The van der Waals surface area contributed by atoms with Gasteiger partial charge in [-0.25, -0.2) is 4.98 Å². The number of rotatable bonds is 2. The monoisotopic (exact) mass is 351 g/mol. The molecule has 0 aliphatic carbocycles. The Morgan fingerprint density at radius 3 is 2.73 bits per heavy atom. The van der Waals surface area contributed by atoms with Crippen LogP contribution in [-0.4, -0.2) is 55.6 Å². The van der Waals surface area contributed by atoms with E-state index in [1.165, 1.54) is 0 Å². The maximum atomic E-state index is 13.2. The fraction of sp³-hybridized carbons (Fsp3) is 0.400. The van der Waals surface area contributed by atoms with Crippen LogP contribution >= 0.6 is 0 Å². The van der Waals surface area contributed by atoms with Crippen molar-refractivity contribution in [3.63, 3.8) is 0 Å². The van der Waals surface area contributed by atoms with Gasteiger partial charge in [0.1, 0.15) is 5.82 Å². The number of likely N-dealkylation sites (N-methyl/N-ethyl adjacent to an activating group) is 1. The number of benzene rings is 1. The number of pyridine rings is 1. The normalized spacial score (nSPS) is 17.9. The first kappa shape index (κ1) is 16.8. The van der Waals surface area contributed by atoms with Gasteiger partial charge in [0.15, 0.2) is 0 Å². The van der Waals surface area contributed by atoms with Gasteiger partial charge < -0.3 is 20.4 Å². The number of amides is 1. The molecule has 6 heteroatoms. The maximum Gasteiger partial charge on any atom is 0.258 e. The van der Waals surface area contributed by atoms with Crippen LogP contribution in [0.4, 0.5) is 17.2 Å². The lowest BCUT2D eigenvalue weighted by Crippen LogP contribution is -2.45. The first-order valence-electron chi connectivity index (χ1n) is 9.22. The second kappa shape index (κ2) is 6.96. The van der Waals surface area contributed by atoms with Gasteiger partial charge in [0.25, 0.3) is 5.91 Å². The summed E-state index contributed by atoms with van der Waals surface area (Å²) in [6.07, 6.45) is 3.60. The van der Waals surface area contributed by atoms with E-state index in [1.807, 2.05) is 35.2 Å². The minimum atomic E-state index is 0.0225. The van der Waals surface area contributed by atoms with Crippen molar-refractivity contribution in [1.82, 2.24) is 9.88 Å². The summed E-state index contributed by atoms with van der Waals surface area (Å²) in [5, 5.41) is 0. The van der Waals surface area contributed by atoms with E-state index in [0.29, 0.717) is 5.56 Å². The summed E-state index contributed by atoms with van der Waals surface area (Å²) in [6, 6.07) is 9.55. The molecule has 1 fully saturated rings. The molecular formula is C20H25N5O. The lowest BCUT2D eigenvalue weighted by atomic mass is 9.99. The standard InChI is InChI=1S/C20H25N5O/c1-23-10-12-24(13-11-23)19-14-15(7-8-22-19)20(26)25-9-3-4-16-17(21)5-2-6-18(16)25/h2,5-8,14H,3-4,9-13,21H2,1H3. The Bertz CT molecular complexity index is 814. The highest BCUT2D eigenvalue weighted by atomic mass is 16.2. The fourth-order valence-electron chi connectivity index (χ4n) is 3.78. The largest absolute Gasteiger partial charge is 0.398 e. The first-order valence-corrected chi connectivity index (χ1v) is 9.22. The summed E-state index contributed by atoms with van der Waals surface area (Å²) in [7, 11) is 2.13. The molecule has 0 saturated carbocycles. The summed E-state index contributed by atoms with van der Waals surface area (Å²) in [4.78, 5) is 24.1. The number of hydrogen-bond donors (Lipinski definition) is 1. The molecular weight excluding hydrogens is 326 g/mol. The van der Waals surface area contributed by atoms with E-state index in [4.69, 9.17) is 5.73 Å². The topological polar surface area (TPSA) is 65.7 Å². The highest BCUT2D eigenvalue weighted by Gasteiger charge is 2.25. The van der Waals surface area contributed by atoms with Crippen molar-refractivity contribution < 1.29 is 4.79 Å². The van der Waals surface area contributed by atoms with E-state index in [2.05, 4.69) is 21.8 Å². The molecule has 0 radical (unpaired) electrons. The van der Waals surface area contributed by atoms with Crippen LogP contribution in [0.5, 0.6) is 0 Å². The van der Waals surface area contributed by atoms with Crippen molar-refractivity contribution in [3.05, 3.63) is 47.7 Å². The van der Waals surface area contributed by atoms with Crippen molar-refractivity contribution in [2.45, 2.75) is 12.8 Å². The van der Waals surface area contributed by atoms with Gasteiger partial charge in [-0.05, 0) is 49.7 Å². The number of nitrogens with zero attached hydrogens (tertiary/aromatic N) is 4. The molecule has 2 aliphatic heterocycles. The Hall–Kier alpha value is -2.60. The molecule has 0 atom stereocenters. The number of anilines is 3. The van der Waals surface area contributed by atoms with Crippen LogP contribution in [0, 0.1) is 0 Å². The third-order valence-electron chi connectivity index (χ3n) is 5.35. The molecule has 1 aromatic carbocycles. The van der Waals surface area contributed by atoms with Gasteiger partial charge in [0.05, 0.1) is 0 Å². The number of aromatic nitrogens is 1. The van der Waals surface area contributed by atoms with Gasteiger partial charge in [0, 0.05) is 55.9 Å². The molecule has 1 saturated heterocycles. The molecule has 26 heavy (non-hydrogen) atoms. The van der Waals surface area contributed by atoms with Crippen molar-refractivity contribution in [2.75, 3.05) is 55.3 Å². The van der Waals surface area contributed by atoms with Crippen LogP contribution in [0.3, 0.4) is 0 Å². The second-order valence-corrected chi connectivity index (χ2v) is 7.10. The van der Waals surface area contributed by atoms with Gasteiger partial charge >= 0.3 is 0 Å².